The van der Waals surface area contributed by atoms with Crippen LogP contribution >= 0.6 is 0 Å². The van der Waals surface area contributed by atoms with Gasteiger partial charge in [-0.05, 0) is 37.1 Å². The Morgan fingerprint density at radius 1 is 1.22 bits per heavy atom. The summed E-state index contributed by atoms with van der Waals surface area (Å²) in [6, 6.07) is 3.72. The molecule has 0 aliphatic carbocycles. The van der Waals surface area contributed by atoms with Gasteiger partial charge in [-0.25, -0.2) is 17.5 Å². The van der Waals surface area contributed by atoms with Crippen molar-refractivity contribution >= 4 is 15.9 Å². The van der Waals surface area contributed by atoms with Gasteiger partial charge >= 0.3 is 0 Å². The molecule has 0 bridgehead atoms. The van der Waals surface area contributed by atoms with Crippen LogP contribution in [0.4, 0.5) is 4.39 Å². The van der Waals surface area contributed by atoms with E-state index >= 15 is 0 Å². The zero-order valence-electron chi connectivity index (χ0n) is 12.0. The predicted octanol–water partition coefficient (Wildman–Crippen LogP) is 0.341. The number of aromatic nitrogens is 3. The van der Waals surface area contributed by atoms with Crippen molar-refractivity contribution in [1.82, 2.24) is 19.2 Å². The third kappa shape index (κ3) is 3.08. The SMILES string of the molecule is O=C(Nn1cnnc1)[C@H]1CCCN1S(=O)(=O)c1ccc(F)cc1. The standard InChI is InChI=1S/C13H14FN5O3S/c14-10-3-5-11(6-4-10)23(21,22)19-7-1-2-12(19)13(20)17-18-8-15-16-9-18/h3-6,8-9,12H,1-2,7H2,(H,17,20)/t12-/m1/s1. The van der Waals surface area contributed by atoms with Gasteiger partial charge in [0.1, 0.15) is 24.5 Å². The molecule has 0 radical (unpaired) electrons. The number of hydrogen-bond donors (Lipinski definition) is 1. The van der Waals surface area contributed by atoms with Gasteiger partial charge < -0.3 is 0 Å². The molecular weight excluding hydrogens is 325 g/mol. The van der Waals surface area contributed by atoms with E-state index in [0.29, 0.717) is 12.8 Å². The van der Waals surface area contributed by atoms with E-state index in [0.717, 1.165) is 16.4 Å². The minimum absolute atomic E-state index is 0.0390. The first kappa shape index (κ1) is 15.6. The second kappa shape index (κ2) is 6.05. The maximum Gasteiger partial charge on any atom is 0.257 e. The summed E-state index contributed by atoms with van der Waals surface area (Å²) in [4.78, 5) is 12.3. The van der Waals surface area contributed by atoms with E-state index in [4.69, 9.17) is 0 Å². The van der Waals surface area contributed by atoms with Gasteiger partial charge in [0.05, 0.1) is 4.90 Å². The summed E-state index contributed by atoms with van der Waals surface area (Å²) >= 11 is 0. The molecule has 23 heavy (non-hydrogen) atoms. The molecule has 0 saturated carbocycles. The van der Waals surface area contributed by atoms with Crippen LogP contribution in [0.15, 0.2) is 41.8 Å². The Morgan fingerprint density at radius 3 is 2.52 bits per heavy atom. The number of rotatable bonds is 4. The molecule has 1 aromatic carbocycles. The number of carbonyl (C=O) groups excluding carboxylic acids is 1. The molecule has 10 heteroatoms. The fraction of sp³-hybridized carbons (Fsp3) is 0.308. The number of amides is 1. The van der Waals surface area contributed by atoms with Crippen LogP contribution in [0.3, 0.4) is 0 Å². The van der Waals surface area contributed by atoms with E-state index in [1.54, 1.807) is 0 Å². The second-order valence-electron chi connectivity index (χ2n) is 5.07. The van der Waals surface area contributed by atoms with E-state index in [2.05, 4.69) is 15.6 Å². The summed E-state index contributed by atoms with van der Waals surface area (Å²) in [6.07, 6.45) is 3.58. The van der Waals surface area contributed by atoms with Gasteiger partial charge in [-0.15, -0.1) is 10.2 Å². The average molecular weight is 339 g/mol. The molecule has 0 unspecified atom stereocenters. The summed E-state index contributed by atoms with van der Waals surface area (Å²) in [7, 11) is -3.86. The molecule has 1 fully saturated rings. The molecule has 1 aliphatic rings. The highest BCUT2D eigenvalue weighted by atomic mass is 32.2. The van der Waals surface area contributed by atoms with Crippen LogP contribution < -0.4 is 5.43 Å². The number of nitrogens with one attached hydrogen (secondary N) is 1. The predicted molar refractivity (Wildman–Crippen MR) is 77.7 cm³/mol. The van der Waals surface area contributed by atoms with E-state index in [1.165, 1.54) is 29.5 Å². The fourth-order valence-electron chi connectivity index (χ4n) is 2.49. The highest BCUT2D eigenvalue weighted by Crippen LogP contribution is 2.26. The number of benzene rings is 1. The van der Waals surface area contributed by atoms with Crippen LogP contribution in [0.1, 0.15) is 12.8 Å². The topological polar surface area (TPSA) is 97.2 Å². The molecule has 122 valence electrons. The van der Waals surface area contributed by atoms with E-state index in [9.17, 15) is 17.6 Å². The summed E-state index contributed by atoms with van der Waals surface area (Å²) in [5.41, 5.74) is 2.51. The lowest BCUT2D eigenvalue weighted by Gasteiger charge is -2.23. The number of nitrogens with zero attached hydrogens (tertiary/aromatic N) is 4. The Bertz CT molecular complexity index is 792. The Kier molecular flexibility index (Phi) is 4.09. The maximum absolute atomic E-state index is 13.0. The van der Waals surface area contributed by atoms with Crippen molar-refractivity contribution in [3.63, 3.8) is 0 Å². The molecule has 1 saturated heterocycles. The Morgan fingerprint density at radius 2 is 1.87 bits per heavy atom. The van der Waals surface area contributed by atoms with Crippen LogP contribution in [0.5, 0.6) is 0 Å². The molecule has 1 aromatic heterocycles. The Hall–Kier alpha value is -2.33. The summed E-state index contributed by atoms with van der Waals surface area (Å²) in [5.74, 6) is -0.986. The van der Waals surface area contributed by atoms with Crippen LogP contribution in [0, 0.1) is 5.82 Å². The van der Waals surface area contributed by atoms with Gasteiger partial charge in [0, 0.05) is 6.54 Å². The van der Waals surface area contributed by atoms with E-state index in [-0.39, 0.29) is 11.4 Å². The van der Waals surface area contributed by atoms with Gasteiger partial charge in [0.2, 0.25) is 10.0 Å². The molecule has 2 heterocycles. The highest BCUT2D eigenvalue weighted by molar-refractivity contribution is 7.89. The van der Waals surface area contributed by atoms with Crippen molar-refractivity contribution in [2.24, 2.45) is 0 Å². The Labute approximate surface area is 132 Å². The van der Waals surface area contributed by atoms with Crippen molar-refractivity contribution < 1.29 is 17.6 Å². The summed E-state index contributed by atoms with van der Waals surface area (Å²) < 4.78 is 40.7. The van der Waals surface area contributed by atoms with Crippen molar-refractivity contribution in [1.29, 1.82) is 0 Å². The number of hydrogen-bond acceptors (Lipinski definition) is 5. The Balaban J connectivity index is 1.83. The van der Waals surface area contributed by atoms with Crippen molar-refractivity contribution in [2.45, 2.75) is 23.8 Å². The first-order valence-electron chi connectivity index (χ1n) is 6.91. The van der Waals surface area contributed by atoms with Crippen molar-refractivity contribution in [3.8, 4) is 0 Å². The van der Waals surface area contributed by atoms with Gasteiger partial charge in [-0.1, -0.05) is 0 Å². The highest BCUT2D eigenvalue weighted by Gasteiger charge is 2.39. The lowest BCUT2D eigenvalue weighted by Crippen LogP contribution is -2.44. The number of carbonyl (C=O) groups is 1. The lowest BCUT2D eigenvalue weighted by molar-refractivity contribution is -0.120. The lowest BCUT2D eigenvalue weighted by atomic mass is 10.2. The van der Waals surface area contributed by atoms with Gasteiger partial charge in [0.25, 0.3) is 5.91 Å². The zero-order valence-corrected chi connectivity index (χ0v) is 12.8. The first-order valence-corrected chi connectivity index (χ1v) is 8.35. The molecule has 1 atom stereocenters. The van der Waals surface area contributed by atoms with E-state index in [1.807, 2.05) is 0 Å². The molecule has 1 aliphatic heterocycles. The molecule has 1 N–H and O–H groups in total. The quantitative estimate of drug-likeness (QED) is 0.866. The third-order valence-electron chi connectivity index (χ3n) is 3.58. The molecule has 2 aromatic rings. The fourth-order valence-corrected chi connectivity index (χ4v) is 4.15. The largest absolute Gasteiger partial charge is 0.271 e. The summed E-state index contributed by atoms with van der Waals surface area (Å²) in [6.45, 7) is 0.236. The van der Waals surface area contributed by atoms with Crippen LogP contribution in [-0.4, -0.2) is 46.1 Å². The zero-order chi connectivity index (χ0) is 16.4. The van der Waals surface area contributed by atoms with Gasteiger partial charge in [0.15, 0.2) is 0 Å². The van der Waals surface area contributed by atoms with Gasteiger partial charge in [-0.3, -0.25) is 10.2 Å². The van der Waals surface area contributed by atoms with Crippen LogP contribution in [0.25, 0.3) is 0 Å². The normalized spacial score (nSPS) is 18.9. The molecule has 1 amide bonds. The third-order valence-corrected chi connectivity index (χ3v) is 5.51. The minimum atomic E-state index is -3.86. The smallest absolute Gasteiger partial charge is 0.257 e. The van der Waals surface area contributed by atoms with Gasteiger partial charge in [-0.2, -0.15) is 4.31 Å². The average Bonchev–Trinajstić information content (AvgIpc) is 3.19. The monoisotopic (exact) mass is 339 g/mol. The molecule has 3 rings (SSSR count). The van der Waals surface area contributed by atoms with Crippen LogP contribution in [0.2, 0.25) is 0 Å². The molecular formula is C13H14FN5O3S. The first-order chi connectivity index (χ1) is 11.0. The van der Waals surface area contributed by atoms with Crippen molar-refractivity contribution in [2.75, 3.05) is 12.0 Å². The second-order valence-corrected chi connectivity index (χ2v) is 6.96. The van der Waals surface area contributed by atoms with Crippen molar-refractivity contribution in [3.05, 3.63) is 42.7 Å². The van der Waals surface area contributed by atoms with E-state index < -0.39 is 27.8 Å². The van der Waals surface area contributed by atoms with Crippen LogP contribution in [-0.2, 0) is 14.8 Å². The maximum atomic E-state index is 13.0. The minimum Gasteiger partial charge on any atom is -0.271 e. The number of halogens is 1. The number of sulfonamides is 1. The summed E-state index contributed by atoms with van der Waals surface area (Å²) in [5, 5.41) is 7.11. The molecule has 8 nitrogen and oxygen atoms in total. The molecule has 0 spiro atoms.